The van der Waals surface area contributed by atoms with Crippen LogP contribution in [0.1, 0.15) is 96.5 Å². The Morgan fingerprint density at radius 3 is 2.51 bits per heavy atom. The zero-order valence-electron chi connectivity index (χ0n) is 34.0. The van der Waals surface area contributed by atoms with Crippen LogP contribution in [0.25, 0.3) is 15.9 Å². The summed E-state index contributed by atoms with van der Waals surface area (Å²) in [6.45, 7) is 15.6. The molecule has 1 aliphatic carbocycles. The lowest BCUT2D eigenvalue weighted by Crippen LogP contribution is -2.63. The number of aryl methyl sites for hydroxylation is 1. The lowest BCUT2D eigenvalue weighted by atomic mass is 9.57. The molecule has 4 aromatic rings. The molecule has 9 rings (SSSR count). The number of hydrogen-bond acceptors (Lipinski definition) is 11. The second-order valence-corrected chi connectivity index (χ2v) is 19.0. The van der Waals surface area contributed by atoms with Crippen molar-refractivity contribution in [1.82, 2.24) is 25.1 Å². The number of carbonyl (C=O) groups is 4. The number of imide groups is 1. The summed E-state index contributed by atoms with van der Waals surface area (Å²) in [4.78, 5) is 66.8. The van der Waals surface area contributed by atoms with E-state index in [1.54, 1.807) is 31.3 Å². The molecule has 14 heteroatoms. The van der Waals surface area contributed by atoms with Gasteiger partial charge in [-0.15, -0.1) is 0 Å². The quantitative estimate of drug-likeness (QED) is 0.130. The Bertz CT molecular complexity index is 2360. The Morgan fingerprint density at radius 1 is 1.02 bits per heavy atom. The van der Waals surface area contributed by atoms with Gasteiger partial charge in [0.2, 0.25) is 11.8 Å². The van der Waals surface area contributed by atoms with E-state index < -0.39 is 17.6 Å². The van der Waals surface area contributed by atoms with Gasteiger partial charge in [0.25, 0.3) is 11.8 Å². The Balaban J connectivity index is 0.730. The first-order valence-corrected chi connectivity index (χ1v) is 21.7. The monoisotopic (exact) mass is 816 g/mol. The van der Waals surface area contributed by atoms with Crippen LogP contribution in [-0.2, 0) is 15.2 Å². The van der Waals surface area contributed by atoms with E-state index in [0.717, 1.165) is 77.7 Å². The number of thiazole rings is 1. The van der Waals surface area contributed by atoms with E-state index in [4.69, 9.17) is 4.98 Å². The molecule has 0 radical (unpaired) electrons. The molecule has 4 aliphatic heterocycles. The molecule has 1 atom stereocenters. The number of rotatable bonds is 11. The fraction of sp³-hybridized carbons (Fsp3) is 0.467. The average Bonchev–Trinajstić information content (AvgIpc) is 3.70. The standard InChI is InChI=1S/C45H52N8O5S/c1-26-7-5-10-33(47-26)40(55)48-34-20-37-35(19-31(34)44(3,4)58)49-43(59-37)52-17-14-28(15-18-52)23-51-24-45(25-51)21-29(22-45)13-16-46-32-9-6-8-30-27(2)53(42(57)39(30)32)36-11-12-38(54)50-41(36)56/h5-10,19-20,28-29,36,46,58H,2,11-18,21-25H2,1,3-4H3,(H,48,55)(H,50,54,56). The molecule has 2 aromatic carbocycles. The van der Waals surface area contributed by atoms with Crippen LogP contribution in [0.15, 0.2) is 55.1 Å². The zero-order valence-corrected chi connectivity index (χ0v) is 34.8. The highest BCUT2D eigenvalue weighted by Gasteiger charge is 2.52. The minimum atomic E-state index is -1.18. The van der Waals surface area contributed by atoms with E-state index in [9.17, 15) is 24.3 Å². The van der Waals surface area contributed by atoms with Crippen LogP contribution in [0.4, 0.5) is 16.5 Å². The van der Waals surface area contributed by atoms with Gasteiger partial charge in [0.05, 0.1) is 21.4 Å². The summed E-state index contributed by atoms with van der Waals surface area (Å²) in [5.74, 6) is 0.0228. The van der Waals surface area contributed by atoms with Crippen LogP contribution in [0.2, 0.25) is 0 Å². The first-order valence-electron chi connectivity index (χ1n) is 20.9. The van der Waals surface area contributed by atoms with Crippen LogP contribution < -0.4 is 20.9 Å². The maximum Gasteiger partial charge on any atom is 0.274 e. The molecule has 0 bridgehead atoms. The number of carbonyl (C=O) groups excluding carboxylic acids is 4. The van der Waals surface area contributed by atoms with Gasteiger partial charge in [-0.05, 0) is 107 Å². The maximum absolute atomic E-state index is 13.6. The number of aromatic nitrogens is 2. The number of likely N-dealkylation sites (tertiary alicyclic amines) is 1. The first-order chi connectivity index (χ1) is 28.2. The number of fused-ring (bicyclic) bond motifs is 2. The van der Waals surface area contributed by atoms with Crippen LogP contribution >= 0.6 is 11.3 Å². The molecule has 308 valence electrons. The predicted octanol–water partition coefficient (Wildman–Crippen LogP) is 6.14. The fourth-order valence-corrected chi connectivity index (χ4v) is 11.1. The van der Waals surface area contributed by atoms with E-state index in [1.807, 2.05) is 49.4 Å². The zero-order chi connectivity index (χ0) is 41.2. The third-order valence-electron chi connectivity index (χ3n) is 13.0. The molecule has 2 aromatic heterocycles. The van der Waals surface area contributed by atoms with Gasteiger partial charge in [-0.3, -0.25) is 29.4 Å². The van der Waals surface area contributed by atoms with Crippen molar-refractivity contribution in [2.24, 2.45) is 17.3 Å². The van der Waals surface area contributed by atoms with Gasteiger partial charge in [0, 0.05) is 79.6 Å². The number of hydrogen-bond donors (Lipinski definition) is 4. The highest BCUT2D eigenvalue weighted by molar-refractivity contribution is 7.22. The molecule has 13 nitrogen and oxygen atoms in total. The Kier molecular flexibility index (Phi) is 10.1. The number of nitrogens with one attached hydrogen (secondary N) is 3. The molecule has 1 unspecified atom stereocenters. The summed E-state index contributed by atoms with van der Waals surface area (Å²) in [7, 11) is 0. The van der Waals surface area contributed by atoms with Crippen molar-refractivity contribution in [3.05, 3.63) is 83.2 Å². The summed E-state index contributed by atoms with van der Waals surface area (Å²) in [5, 5.41) is 20.9. The van der Waals surface area contributed by atoms with E-state index >= 15 is 0 Å². The van der Waals surface area contributed by atoms with Gasteiger partial charge < -0.3 is 25.5 Å². The number of aliphatic hydroxyl groups is 1. The van der Waals surface area contributed by atoms with Crippen molar-refractivity contribution in [3.63, 3.8) is 0 Å². The highest BCUT2D eigenvalue weighted by atomic mass is 32.1. The number of nitrogens with zero attached hydrogens (tertiary/aromatic N) is 5. The van der Waals surface area contributed by atoms with E-state index in [-0.39, 0.29) is 24.1 Å². The Hall–Kier alpha value is -5.18. The highest BCUT2D eigenvalue weighted by Crippen LogP contribution is 2.53. The van der Waals surface area contributed by atoms with Gasteiger partial charge in [-0.1, -0.05) is 36.1 Å². The lowest BCUT2D eigenvalue weighted by molar-refractivity contribution is -0.136. The third kappa shape index (κ3) is 7.62. The molecule has 6 heterocycles. The molecular formula is C45H52N8O5S. The van der Waals surface area contributed by atoms with Crippen LogP contribution in [0.5, 0.6) is 0 Å². The fourth-order valence-electron chi connectivity index (χ4n) is 10.1. The van der Waals surface area contributed by atoms with Gasteiger partial charge in [0.1, 0.15) is 11.7 Å². The number of benzene rings is 2. The molecule has 4 amide bonds. The van der Waals surface area contributed by atoms with Crippen molar-refractivity contribution in [2.45, 2.75) is 77.4 Å². The van der Waals surface area contributed by atoms with E-state index in [0.29, 0.717) is 51.9 Å². The van der Waals surface area contributed by atoms with Crippen molar-refractivity contribution in [2.75, 3.05) is 54.8 Å². The minimum Gasteiger partial charge on any atom is -0.386 e. The molecule has 59 heavy (non-hydrogen) atoms. The second-order valence-electron chi connectivity index (χ2n) is 17.9. The molecular weight excluding hydrogens is 765 g/mol. The third-order valence-corrected chi connectivity index (χ3v) is 14.1. The molecule has 5 aliphatic rings. The molecule has 3 saturated heterocycles. The molecule has 4 N–H and O–H groups in total. The SMILES string of the molecule is C=C1c2cccc(NCCC3CC4(C3)CN(CC3CCN(c5nc6cc(C(C)(C)O)c(NC(=O)c7cccc(C)n7)cc6s5)CC3)C4)c2C(=O)N1C1CCC(=O)NC1=O. The predicted molar refractivity (Wildman–Crippen MR) is 229 cm³/mol. The minimum absolute atomic E-state index is 0.204. The molecule has 4 fully saturated rings. The lowest BCUT2D eigenvalue weighted by Gasteiger charge is -2.60. The van der Waals surface area contributed by atoms with Crippen LogP contribution in [0, 0.1) is 24.2 Å². The van der Waals surface area contributed by atoms with Crippen molar-refractivity contribution in [3.8, 4) is 0 Å². The summed E-state index contributed by atoms with van der Waals surface area (Å²) in [6, 6.07) is 14.2. The van der Waals surface area contributed by atoms with Gasteiger partial charge in [0.15, 0.2) is 5.13 Å². The maximum atomic E-state index is 13.6. The van der Waals surface area contributed by atoms with Crippen molar-refractivity contribution in [1.29, 1.82) is 0 Å². The topological polar surface area (TPSA) is 160 Å². The second kappa shape index (κ2) is 15.1. The summed E-state index contributed by atoms with van der Waals surface area (Å²) in [6.07, 6.45) is 6.28. The number of anilines is 3. The smallest absolute Gasteiger partial charge is 0.274 e. The number of pyridine rings is 1. The van der Waals surface area contributed by atoms with Crippen LogP contribution in [-0.4, -0.2) is 93.8 Å². The summed E-state index contributed by atoms with van der Waals surface area (Å²) >= 11 is 1.63. The average molecular weight is 817 g/mol. The molecule has 1 saturated carbocycles. The van der Waals surface area contributed by atoms with Gasteiger partial charge in [-0.25, -0.2) is 9.97 Å². The van der Waals surface area contributed by atoms with Gasteiger partial charge >= 0.3 is 0 Å². The van der Waals surface area contributed by atoms with Crippen LogP contribution in [0.3, 0.4) is 0 Å². The van der Waals surface area contributed by atoms with Gasteiger partial charge in [-0.2, -0.15) is 0 Å². The largest absolute Gasteiger partial charge is 0.386 e. The first kappa shape index (κ1) is 39.3. The summed E-state index contributed by atoms with van der Waals surface area (Å²) in [5.41, 5.74) is 4.94. The Morgan fingerprint density at radius 2 is 1.78 bits per heavy atom. The van der Waals surface area contributed by atoms with E-state index in [2.05, 4.69) is 37.3 Å². The Labute approximate surface area is 348 Å². The van der Waals surface area contributed by atoms with Crippen molar-refractivity contribution < 1.29 is 24.3 Å². The number of amides is 4. The number of piperidine rings is 2. The summed E-state index contributed by atoms with van der Waals surface area (Å²) < 4.78 is 0.964. The normalized spacial score (nSPS) is 21.1. The van der Waals surface area contributed by atoms with Crippen molar-refractivity contribution >= 4 is 67.4 Å². The molecule has 1 spiro atoms. The van der Waals surface area contributed by atoms with E-state index in [1.165, 1.54) is 30.8 Å².